The van der Waals surface area contributed by atoms with E-state index in [2.05, 4.69) is 0 Å². The van der Waals surface area contributed by atoms with Gasteiger partial charge in [-0.2, -0.15) is 0 Å². The Balaban J connectivity index is 2.74. The molecule has 0 aliphatic heterocycles. The quantitative estimate of drug-likeness (QED) is 0.748. The fourth-order valence-corrected chi connectivity index (χ4v) is 1.44. The van der Waals surface area contributed by atoms with E-state index < -0.39 is 0 Å². The smallest absolute Gasteiger partial charge is 0.148 e. The Hall–Kier alpha value is -1.13. The van der Waals surface area contributed by atoms with Gasteiger partial charge in [-0.15, -0.1) is 0 Å². The highest BCUT2D eigenvalue weighted by Crippen LogP contribution is 2.16. The van der Waals surface area contributed by atoms with Crippen molar-refractivity contribution >= 4 is 17.2 Å². The zero-order valence-corrected chi connectivity index (χ0v) is 9.46. The molecule has 82 valence electrons. The predicted molar refractivity (Wildman–Crippen MR) is 63.9 cm³/mol. The molecule has 1 rings (SSSR count). The van der Waals surface area contributed by atoms with Crippen LogP contribution in [0.25, 0.3) is 0 Å². The summed E-state index contributed by atoms with van der Waals surface area (Å²) in [5.74, 6) is 0.682. The van der Waals surface area contributed by atoms with Crippen LogP contribution >= 0.6 is 12.2 Å². The molecule has 1 unspecified atom stereocenters. The molecular formula is C11H15NO2S. The normalized spacial score (nSPS) is 12.1. The van der Waals surface area contributed by atoms with Crippen molar-refractivity contribution in [1.29, 1.82) is 0 Å². The first-order chi connectivity index (χ1) is 7.17. The second-order valence-corrected chi connectivity index (χ2v) is 3.69. The van der Waals surface area contributed by atoms with Crippen molar-refractivity contribution in [3.8, 4) is 5.75 Å². The molecule has 3 nitrogen and oxygen atoms in total. The molecule has 1 aromatic rings. The molecule has 0 saturated heterocycles. The lowest BCUT2D eigenvalue weighted by atomic mass is 10.2. The van der Waals surface area contributed by atoms with Gasteiger partial charge in [0.25, 0.3) is 0 Å². The summed E-state index contributed by atoms with van der Waals surface area (Å²) in [7, 11) is 0. The largest absolute Gasteiger partial charge is 0.483 e. The first kappa shape index (κ1) is 11.9. The van der Waals surface area contributed by atoms with Gasteiger partial charge in [-0.25, -0.2) is 0 Å². The molecule has 0 aromatic heterocycles. The summed E-state index contributed by atoms with van der Waals surface area (Å²) in [6, 6.07) is 7.25. The maximum absolute atomic E-state index is 8.96. The molecule has 0 heterocycles. The van der Waals surface area contributed by atoms with E-state index in [1.165, 1.54) is 0 Å². The van der Waals surface area contributed by atoms with E-state index in [9.17, 15) is 0 Å². The minimum Gasteiger partial charge on any atom is -0.483 e. The lowest BCUT2D eigenvalue weighted by Gasteiger charge is -2.16. The molecule has 0 aliphatic rings. The molecule has 0 spiro atoms. The van der Waals surface area contributed by atoms with Gasteiger partial charge in [-0.1, -0.05) is 31.3 Å². The van der Waals surface area contributed by atoms with Crippen molar-refractivity contribution in [2.24, 2.45) is 5.73 Å². The number of nitrogens with two attached hydrogens (primary N) is 1. The number of thiocarbonyl (C=S) groups is 1. The first-order valence-corrected chi connectivity index (χ1v) is 5.24. The van der Waals surface area contributed by atoms with E-state index in [1.807, 2.05) is 25.1 Å². The number of benzene rings is 1. The molecule has 0 saturated carbocycles. The van der Waals surface area contributed by atoms with E-state index in [0.29, 0.717) is 10.7 Å². The lowest BCUT2D eigenvalue weighted by Crippen LogP contribution is -2.31. The number of hydrogen-bond acceptors (Lipinski definition) is 3. The van der Waals surface area contributed by atoms with Crippen molar-refractivity contribution in [2.75, 3.05) is 0 Å². The molecule has 0 aliphatic carbocycles. The van der Waals surface area contributed by atoms with Gasteiger partial charge in [0.1, 0.15) is 16.8 Å². The van der Waals surface area contributed by atoms with Gasteiger partial charge in [-0.05, 0) is 24.1 Å². The molecule has 1 aromatic carbocycles. The van der Waals surface area contributed by atoms with Crippen molar-refractivity contribution in [1.82, 2.24) is 0 Å². The summed E-state index contributed by atoms with van der Waals surface area (Å²) >= 11 is 4.88. The molecule has 15 heavy (non-hydrogen) atoms. The highest BCUT2D eigenvalue weighted by atomic mass is 32.1. The van der Waals surface area contributed by atoms with Crippen LogP contribution in [0, 0.1) is 0 Å². The standard InChI is InChI=1S/C11H15NO2S/c1-2-10(11(12)15)14-9-5-3-4-8(6-9)7-13/h3-6,10,13H,2,7H2,1H3,(H2,12,15). The Labute approximate surface area is 94.9 Å². The zero-order chi connectivity index (χ0) is 11.3. The number of rotatable bonds is 5. The Bertz CT molecular complexity index is 341. The van der Waals surface area contributed by atoms with Crippen LogP contribution in [0.15, 0.2) is 24.3 Å². The fourth-order valence-electron chi connectivity index (χ4n) is 1.22. The monoisotopic (exact) mass is 225 g/mol. The first-order valence-electron chi connectivity index (χ1n) is 4.83. The average molecular weight is 225 g/mol. The summed E-state index contributed by atoms with van der Waals surface area (Å²) in [5.41, 5.74) is 6.33. The summed E-state index contributed by atoms with van der Waals surface area (Å²) in [5, 5.41) is 8.96. The molecule has 0 amide bonds. The Morgan fingerprint density at radius 1 is 1.60 bits per heavy atom. The summed E-state index contributed by atoms with van der Waals surface area (Å²) in [6.07, 6.45) is 0.493. The van der Waals surface area contributed by atoms with E-state index in [0.717, 1.165) is 12.0 Å². The zero-order valence-electron chi connectivity index (χ0n) is 8.64. The van der Waals surface area contributed by atoms with Gasteiger partial charge in [0.2, 0.25) is 0 Å². The Morgan fingerprint density at radius 2 is 2.33 bits per heavy atom. The third-order valence-electron chi connectivity index (χ3n) is 2.05. The average Bonchev–Trinajstić information content (AvgIpc) is 2.25. The van der Waals surface area contributed by atoms with Crippen LogP contribution in [0.2, 0.25) is 0 Å². The second kappa shape index (κ2) is 5.68. The van der Waals surface area contributed by atoms with Gasteiger partial charge in [-0.3, -0.25) is 0 Å². The fraction of sp³-hybridized carbons (Fsp3) is 0.364. The van der Waals surface area contributed by atoms with Crippen LogP contribution in [0.3, 0.4) is 0 Å². The Morgan fingerprint density at radius 3 is 2.87 bits per heavy atom. The SMILES string of the molecule is CCC(Oc1cccc(CO)c1)C(N)=S. The summed E-state index contributed by atoms with van der Waals surface area (Å²) in [6.45, 7) is 1.96. The number of aliphatic hydroxyl groups excluding tert-OH is 1. The van der Waals surface area contributed by atoms with E-state index in [1.54, 1.807) is 6.07 Å². The maximum atomic E-state index is 8.96. The van der Waals surface area contributed by atoms with Gasteiger partial charge in [0.15, 0.2) is 0 Å². The molecule has 0 fully saturated rings. The molecule has 4 heteroatoms. The molecule has 0 radical (unpaired) electrons. The number of hydrogen-bond donors (Lipinski definition) is 2. The minimum atomic E-state index is -0.242. The van der Waals surface area contributed by atoms with Crippen LogP contribution < -0.4 is 10.5 Å². The van der Waals surface area contributed by atoms with Gasteiger partial charge < -0.3 is 15.6 Å². The second-order valence-electron chi connectivity index (χ2n) is 3.22. The predicted octanol–water partition coefficient (Wildman–Crippen LogP) is 1.62. The third-order valence-corrected chi connectivity index (χ3v) is 2.31. The van der Waals surface area contributed by atoms with Gasteiger partial charge >= 0.3 is 0 Å². The van der Waals surface area contributed by atoms with Crippen molar-refractivity contribution in [3.63, 3.8) is 0 Å². The van der Waals surface area contributed by atoms with Gasteiger partial charge in [0, 0.05) is 0 Å². The molecule has 1 atom stereocenters. The summed E-state index contributed by atoms with van der Waals surface area (Å²) in [4.78, 5) is 0.354. The molecule has 0 bridgehead atoms. The third kappa shape index (κ3) is 3.49. The number of ether oxygens (including phenoxy) is 1. The van der Waals surface area contributed by atoms with Crippen LogP contribution in [0.1, 0.15) is 18.9 Å². The number of aliphatic hydroxyl groups is 1. The maximum Gasteiger partial charge on any atom is 0.148 e. The van der Waals surface area contributed by atoms with Crippen molar-refractivity contribution in [3.05, 3.63) is 29.8 Å². The van der Waals surface area contributed by atoms with Crippen LogP contribution in [0.5, 0.6) is 5.75 Å². The highest BCUT2D eigenvalue weighted by molar-refractivity contribution is 7.80. The molecule has 3 N–H and O–H groups in total. The highest BCUT2D eigenvalue weighted by Gasteiger charge is 2.10. The van der Waals surface area contributed by atoms with Crippen LogP contribution in [0.4, 0.5) is 0 Å². The minimum absolute atomic E-state index is 0.00105. The topological polar surface area (TPSA) is 55.5 Å². The van der Waals surface area contributed by atoms with E-state index >= 15 is 0 Å². The van der Waals surface area contributed by atoms with E-state index in [4.69, 9.17) is 27.8 Å². The van der Waals surface area contributed by atoms with E-state index in [-0.39, 0.29) is 12.7 Å². The van der Waals surface area contributed by atoms with Gasteiger partial charge in [0.05, 0.1) is 6.61 Å². The lowest BCUT2D eigenvalue weighted by molar-refractivity contribution is 0.259. The Kier molecular flexibility index (Phi) is 4.52. The van der Waals surface area contributed by atoms with Crippen molar-refractivity contribution < 1.29 is 9.84 Å². The van der Waals surface area contributed by atoms with Crippen molar-refractivity contribution in [2.45, 2.75) is 26.1 Å². The molecular weight excluding hydrogens is 210 g/mol. The van der Waals surface area contributed by atoms with Crippen LogP contribution in [-0.4, -0.2) is 16.2 Å². The van der Waals surface area contributed by atoms with Crippen LogP contribution in [-0.2, 0) is 6.61 Å². The summed E-state index contributed by atoms with van der Waals surface area (Å²) < 4.78 is 5.59.